The average Bonchev–Trinajstić information content (AvgIpc) is 2.47. The van der Waals surface area contributed by atoms with Crippen molar-refractivity contribution in [3.63, 3.8) is 0 Å². The predicted octanol–water partition coefficient (Wildman–Crippen LogP) is 2.16. The van der Waals surface area contributed by atoms with Gasteiger partial charge in [0, 0.05) is 24.9 Å². The summed E-state index contributed by atoms with van der Waals surface area (Å²) in [5, 5.41) is 0. The van der Waals surface area contributed by atoms with Gasteiger partial charge in [0.05, 0.1) is 0 Å². The molecular weight excluding hydrogens is 148 g/mol. The van der Waals surface area contributed by atoms with Crippen LogP contribution in [-0.4, -0.2) is 9.55 Å². The molecule has 1 aromatic heterocycles. The summed E-state index contributed by atoms with van der Waals surface area (Å²) in [6.07, 6.45) is 5.81. The second-order valence-corrected chi connectivity index (χ2v) is 3.73. The number of aromatic nitrogens is 2. The van der Waals surface area contributed by atoms with Gasteiger partial charge >= 0.3 is 0 Å². The zero-order chi connectivity index (χ0) is 8.55. The summed E-state index contributed by atoms with van der Waals surface area (Å²) >= 11 is 0. The van der Waals surface area contributed by atoms with Crippen LogP contribution in [0.15, 0.2) is 6.20 Å². The number of rotatable bonds is 1. The van der Waals surface area contributed by atoms with Crippen LogP contribution in [0.1, 0.15) is 31.3 Å². The average molecular weight is 164 g/mol. The molecule has 0 radical (unpaired) electrons. The molecule has 66 valence electrons. The molecule has 0 aromatic carbocycles. The normalized spacial score (nSPS) is 22.3. The van der Waals surface area contributed by atoms with Gasteiger partial charge in [-0.15, -0.1) is 0 Å². The SMILES string of the molecule is CCC1CCn2c(C)cnc2C1. The van der Waals surface area contributed by atoms with Crippen molar-refractivity contribution >= 4 is 0 Å². The minimum absolute atomic E-state index is 0.874. The molecule has 0 spiro atoms. The van der Waals surface area contributed by atoms with Crippen LogP contribution in [0.5, 0.6) is 0 Å². The van der Waals surface area contributed by atoms with Gasteiger partial charge in [-0.05, 0) is 19.3 Å². The fourth-order valence-corrected chi connectivity index (χ4v) is 2.00. The number of nitrogens with zero attached hydrogens (tertiary/aromatic N) is 2. The van der Waals surface area contributed by atoms with Gasteiger partial charge in [-0.25, -0.2) is 4.98 Å². The molecule has 0 N–H and O–H groups in total. The Labute approximate surface area is 73.6 Å². The van der Waals surface area contributed by atoms with Crippen LogP contribution in [0.3, 0.4) is 0 Å². The van der Waals surface area contributed by atoms with Crippen molar-refractivity contribution in [1.82, 2.24) is 9.55 Å². The van der Waals surface area contributed by atoms with Gasteiger partial charge in [0.15, 0.2) is 0 Å². The number of aryl methyl sites for hydroxylation is 1. The Morgan fingerprint density at radius 3 is 3.25 bits per heavy atom. The van der Waals surface area contributed by atoms with Gasteiger partial charge in [0.2, 0.25) is 0 Å². The molecule has 0 saturated heterocycles. The topological polar surface area (TPSA) is 17.8 Å². The van der Waals surface area contributed by atoms with Crippen molar-refractivity contribution in [2.45, 2.75) is 39.7 Å². The van der Waals surface area contributed by atoms with Gasteiger partial charge in [0.25, 0.3) is 0 Å². The first-order valence-electron chi connectivity index (χ1n) is 4.82. The second kappa shape index (κ2) is 2.92. The highest BCUT2D eigenvalue weighted by molar-refractivity contribution is 5.06. The van der Waals surface area contributed by atoms with Crippen LogP contribution in [0.4, 0.5) is 0 Å². The molecular formula is C10H16N2. The summed E-state index contributed by atoms with van der Waals surface area (Å²) in [5.74, 6) is 2.17. The predicted molar refractivity (Wildman–Crippen MR) is 49.1 cm³/mol. The van der Waals surface area contributed by atoms with Crippen molar-refractivity contribution in [3.05, 3.63) is 17.7 Å². The lowest BCUT2D eigenvalue weighted by Crippen LogP contribution is -2.19. The lowest BCUT2D eigenvalue weighted by molar-refractivity contribution is 0.369. The van der Waals surface area contributed by atoms with Crippen molar-refractivity contribution in [2.75, 3.05) is 0 Å². The maximum atomic E-state index is 4.42. The maximum absolute atomic E-state index is 4.42. The van der Waals surface area contributed by atoms with Crippen molar-refractivity contribution in [3.8, 4) is 0 Å². The van der Waals surface area contributed by atoms with Crippen LogP contribution >= 0.6 is 0 Å². The summed E-state index contributed by atoms with van der Waals surface area (Å²) < 4.78 is 2.35. The molecule has 0 fully saturated rings. The summed E-state index contributed by atoms with van der Waals surface area (Å²) in [7, 11) is 0. The van der Waals surface area contributed by atoms with Crippen molar-refractivity contribution in [2.24, 2.45) is 5.92 Å². The molecule has 2 nitrogen and oxygen atoms in total. The van der Waals surface area contributed by atoms with E-state index in [1.807, 2.05) is 6.20 Å². The molecule has 1 aliphatic heterocycles. The second-order valence-electron chi connectivity index (χ2n) is 3.73. The summed E-state index contributed by atoms with van der Waals surface area (Å²) in [6, 6.07) is 0. The Morgan fingerprint density at radius 2 is 2.50 bits per heavy atom. The largest absolute Gasteiger partial charge is 0.332 e. The van der Waals surface area contributed by atoms with Gasteiger partial charge in [-0.1, -0.05) is 13.3 Å². The van der Waals surface area contributed by atoms with E-state index in [2.05, 4.69) is 23.4 Å². The van der Waals surface area contributed by atoms with E-state index in [4.69, 9.17) is 0 Å². The Kier molecular flexibility index (Phi) is 1.91. The monoisotopic (exact) mass is 164 g/mol. The molecule has 1 aliphatic rings. The van der Waals surface area contributed by atoms with E-state index in [1.165, 1.54) is 37.3 Å². The smallest absolute Gasteiger partial charge is 0.109 e. The minimum Gasteiger partial charge on any atom is -0.332 e. The van der Waals surface area contributed by atoms with Crippen LogP contribution in [-0.2, 0) is 13.0 Å². The van der Waals surface area contributed by atoms with E-state index in [0.29, 0.717) is 0 Å². The first-order chi connectivity index (χ1) is 5.81. The Bertz CT molecular complexity index is 275. The molecule has 2 heteroatoms. The molecule has 0 saturated carbocycles. The van der Waals surface area contributed by atoms with Gasteiger partial charge in [0.1, 0.15) is 5.82 Å². The molecule has 0 amide bonds. The summed E-state index contributed by atoms with van der Waals surface area (Å²) in [5.41, 5.74) is 1.32. The third-order valence-electron chi connectivity index (χ3n) is 2.95. The highest BCUT2D eigenvalue weighted by Crippen LogP contribution is 2.22. The van der Waals surface area contributed by atoms with Gasteiger partial charge in [-0.3, -0.25) is 0 Å². The molecule has 2 rings (SSSR count). The fraction of sp³-hybridized carbons (Fsp3) is 0.700. The van der Waals surface area contributed by atoms with Crippen molar-refractivity contribution < 1.29 is 0 Å². The van der Waals surface area contributed by atoms with Crippen LogP contribution < -0.4 is 0 Å². The standard InChI is InChI=1S/C10H16N2/c1-3-9-4-5-12-8(2)7-11-10(12)6-9/h7,9H,3-6H2,1-2H3. The Balaban J connectivity index is 2.24. The molecule has 0 aliphatic carbocycles. The van der Waals surface area contributed by atoms with E-state index in [1.54, 1.807) is 0 Å². The fourth-order valence-electron chi connectivity index (χ4n) is 2.00. The van der Waals surface area contributed by atoms with Crippen LogP contribution in [0.2, 0.25) is 0 Å². The van der Waals surface area contributed by atoms with Crippen LogP contribution in [0.25, 0.3) is 0 Å². The van der Waals surface area contributed by atoms with Crippen LogP contribution in [0, 0.1) is 12.8 Å². The first-order valence-corrected chi connectivity index (χ1v) is 4.82. The molecule has 0 bridgehead atoms. The highest BCUT2D eigenvalue weighted by atomic mass is 15.1. The third-order valence-corrected chi connectivity index (χ3v) is 2.95. The number of imidazole rings is 1. The quantitative estimate of drug-likeness (QED) is 0.622. The summed E-state index contributed by atoms with van der Waals surface area (Å²) in [6.45, 7) is 5.60. The Morgan fingerprint density at radius 1 is 1.67 bits per heavy atom. The number of fused-ring (bicyclic) bond motifs is 1. The van der Waals surface area contributed by atoms with E-state index in [9.17, 15) is 0 Å². The third kappa shape index (κ3) is 1.15. The lowest BCUT2D eigenvalue weighted by atomic mass is 9.95. The van der Waals surface area contributed by atoms with Gasteiger partial charge < -0.3 is 4.57 Å². The zero-order valence-electron chi connectivity index (χ0n) is 7.88. The minimum atomic E-state index is 0.874. The molecule has 1 aromatic rings. The first kappa shape index (κ1) is 7.84. The van der Waals surface area contributed by atoms with Crippen molar-refractivity contribution in [1.29, 1.82) is 0 Å². The summed E-state index contributed by atoms with van der Waals surface area (Å²) in [4.78, 5) is 4.42. The highest BCUT2D eigenvalue weighted by Gasteiger charge is 2.18. The maximum Gasteiger partial charge on any atom is 0.109 e. The number of hydrogen-bond donors (Lipinski definition) is 0. The lowest BCUT2D eigenvalue weighted by Gasteiger charge is -2.22. The van der Waals surface area contributed by atoms with Gasteiger partial charge in [-0.2, -0.15) is 0 Å². The van der Waals surface area contributed by atoms with E-state index < -0.39 is 0 Å². The molecule has 1 atom stereocenters. The molecule has 1 unspecified atom stereocenters. The Hall–Kier alpha value is -0.790. The van der Waals surface area contributed by atoms with E-state index in [0.717, 1.165) is 5.92 Å². The number of hydrogen-bond acceptors (Lipinski definition) is 1. The van der Waals surface area contributed by atoms with E-state index in [-0.39, 0.29) is 0 Å². The zero-order valence-corrected chi connectivity index (χ0v) is 7.88. The molecule has 12 heavy (non-hydrogen) atoms. The molecule has 2 heterocycles. The van der Waals surface area contributed by atoms with E-state index >= 15 is 0 Å².